The number of carbonyl (C=O) groups excluding carboxylic acids is 1. The molecule has 114 valence electrons. The molecular weight excluding hydrogens is 272 g/mol. The molecule has 2 aromatic carbocycles. The lowest BCUT2D eigenvalue weighted by Crippen LogP contribution is -2.47. The number of carbonyl (C=O) groups is 1. The smallest absolute Gasteiger partial charge is 0.239 e. The van der Waals surface area contributed by atoms with Crippen molar-refractivity contribution < 1.29 is 4.79 Å². The van der Waals surface area contributed by atoms with Crippen molar-refractivity contribution in [3.63, 3.8) is 0 Å². The summed E-state index contributed by atoms with van der Waals surface area (Å²) in [4.78, 5) is 14.7. The summed E-state index contributed by atoms with van der Waals surface area (Å²) in [5.74, 6) is 0.116. The minimum absolute atomic E-state index is 0.116. The van der Waals surface area contributed by atoms with Crippen LogP contribution in [0.25, 0.3) is 0 Å². The third-order valence-electron chi connectivity index (χ3n) is 4.29. The molecule has 2 aromatic rings. The van der Waals surface area contributed by atoms with Crippen LogP contribution in [0.2, 0.25) is 0 Å². The average molecular weight is 294 g/mol. The van der Waals surface area contributed by atoms with Crippen LogP contribution in [0.5, 0.6) is 0 Å². The van der Waals surface area contributed by atoms with E-state index < -0.39 is 0 Å². The van der Waals surface area contributed by atoms with Crippen molar-refractivity contribution in [3.8, 4) is 0 Å². The molecule has 3 rings (SSSR count). The maximum absolute atomic E-state index is 12.4. The highest BCUT2D eigenvalue weighted by atomic mass is 16.2. The van der Waals surface area contributed by atoms with Gasteiger partial charge in [-0.05, 0) is 31.4 Å². The highest BCUT2D eigenvalue weighted by molar-refractivity contribution is 5.85. The topological polar surface area (TPSA) is 32.3 Å². The molecule has 1 saturated heterocycles. The Hall–Kier alpha value is -2.13. The van der Waals surface area contributed by atoms with Gasteiger partial charge in [-0.15, -0.1) is 0 Å². The number of hydrogen-bond donors (Lipinski definition) is 1. The predicted molar refractivity (Wildman–Crippen MR) is 88.1 cm³/mol. The molecule has 1 aliphatic heterocycles. The lowest BCUT2D eigenvalue weighted by Gasteiger charge is -2.33. The van der Waals surface area contributed by atoms with Crippen molar-refractivity contribution in [2.45, 2.75) is 38.5 Å². The van der Waals surface area contributed by atoms with Gasteiger partial charge >= 0.3 is 0 Å². The third kappa shape index (κ3) is 3.04. The van der Waals surface area contributed by atoms with Crippen LogP contribution in [0.15, 0.2) is 60.7 Å². The van der Waals surface area contributed by atoms with Crippen LogP contribution in [-0.2, 0) is 17.8 Å². The molecule has 0 aliphatic carbocycles. The van der Waals surface area contributed by atoms with Gasteiger partial charge in [-0.3, -0.25) is 9.69 Å². The van der Waals surface area contributed by atoms with Gasteiger partial charge in [0.05, 0.1) is 11.7 Å². The molecule has 22 heavy (non-hydrogen) atoms. The monoisotopic (exact) mass is 294 g/mol. The molecule has 3 nitrogen and oxygen atoms in total. The van der Waals surface area contributed by atoms with E-state index in [4.69, 9.17) is 0 Å². The predicted octanol–water partition coefficient (Wildman–Crippen LogP) is 2.97. The molecule has 0 aromatic heterocycles. The van der Waals surface area contributed by atoms with Gasteiger partial charge in [-0.2, -0.15) is 0 Å². The molecule has 0 saturated carbocycles. The number of nitrogens with one attached hydrogen (secondary N) is 1. The second-order valence-corrected chi connectivity index (χ2v) is 6.37. The number of benzene rings is 2. The Morgan fingerprint density at radius 2 is 1.50 bits per heavy atom. The maximum atomic E-state index is 12.4. The number of nitrogens with zero attached hydrogens (tertiary/aromatic N) is 1. The summed E-state index contributed by atoms with van der Waals surface area (Å²) in [6.07, 6.45) is 0.739. The fourth-order valence-electron chi connectivity index (χ4n) is 3.12. The van der Waals surface area contributed by atoms with Gasteiger partial charge < -0.3 is 5.32 Å². The summed E-state index contributed by atoms with van der Waals surface area (Å²) >= 11 is 0. The van der Waals surface area contributed by atoms with Crippen LogP contribution in [-0.4, -0.2) is 22.5 Å². The Bertz CT molecular complexity index is 637. The summed E-state index contributed by atoms with van der Waals surface area (Å²) in [5.41, 5.74) is 2.09. The summed E-state index contributed by atoms with van der Waals surface area (Å²) < 4.78 is 0. The summed E-state index contributed by atoms with van der Waals surface area (Å²) in [7, 11) is 0. The minimum Gasteiger partial charge on any atom is -0.337 e. The molecule has 3 heteroatoms. The second kappa shape index (κ2) is 5.93. The third-order valence-corrected chi connectivity index (χ3v) is 4.29. The first-order valence-electron chi connectivity index (χ1n) is 7.73. The summed E-state index contributed by atoms with van der Waals surface area (Å²) in [5, 5.41) is 3.12. The molecule has 1 atom stereocenters. The molecule has 1 fully saturated rings. The molecule has 0 bridgehead atoms. The van der Waals surface area contributed by atoms with Crippen molar-refractivity contribution in [2.24, 2.45) is 0 Å². The molecule has 0 spiro atoms. The summed E-state index contributed by atoms with van der Waals surface area (Å²) in [6, 6.07) is 20.4. The van der Waals surface area contributed by atoms with E-state index in [9.17, 15) is 4.79 Å². The van der Waals surface area contributed by atoms with Crippen LogP contribution < -0.4 is 5.32 Å². The fraction of sp³-hybridized carbons (Fsp3) is 0.316. The molecule has 1 heterocycles. The van der Waals surface area contributed by atoms with Crippen molar-refractivity contribution in [2.75, 3.05) is 0 Å². The zero-order valence-electron chi connectivity index (χ0n) is 13.1. The van der Waals surface area contributed by atoms with E-state index in [1.807, 2.05) is 36.4 Å². The van der Waals surface area contributed by atoms with Crippen LogP contribution in [0.4, 0.5) is 0 Å². The molecule has 1 N–H and O–H groups in total. The lowest BCUT2D eigenvalue weighted by atomic mass is 10.0. The highest BCUT2D eigenvalue weighted by Crippen LogP contribution is 2.27. The highest BCUT2D eigenvalue weighted by Gasteiger charge is 2.44. The van der Waals surface area contributed by atoms with Gasteiger partial charge in [-0.1, -0.05) is 60.7 Å². The molecular formula is C19H22N2O. The van der Waals surface area contributed by atoms with Crippen LogP contribution in [0, 0.1) is 0 Å². The van der Waals surface area contributed by atoms with E-state index in [0.29, 0.717) is 0 Å². The van der Waals surface area contributed by atoms with Gasteiger partial charge in [0.2, 0.25) is 5.91 Å². The summed E-state index contributed by atoms with van der Waals surface area (Å²) in [6.45, 7) is 4.90. The van der Waals surface area contributed by atoms with Crippen molar-refractivity contribution >= 4 is 5.91 Å². The van der Waals surface area contributed by atoms with Gasteiger partial charge in [0.1, 0.15) is 0 Å². The minimum atomic E-state index is -0.327. The first-order chi connectivity index (χ1) is 10.6. The largest absolute Gasteiger partial charge is 0.337 e. The SMILES string of the molecule is CC1(C)NC(=O)[C@H](Cc2ccccc2)N1Cc1ccccc1. The molecule has 1 amide bonds. The quantitative estimate of drug-likeness (QED) is 0.940. The zero-order valence-corrected chi connectivity index (χ0v) is 13.1. The first kappa shape index (κ1) is 14.8. The van der Waals surface area contributed by atoms with E-state index in [1.165, 1.54) is 11.1 Å². The van der Waals surface area contributed by atoms with E-state index in [0.717, 1.165) is 13.0 Å². The Labute approximate surface area is 132 Å². The standard InChI is InChI=1S/C19H22N2O/c1-19(2)20-18(22)17(13-15-9-5-3-6-10-15)21(19)14-16-11-7-4-8-12-16/h3-12,17H,13-14H2,1-2H3,(H,20,22)/t17-/m0/s1. The number of hydrogen-bond acceptors (Lipinski definition) is 2. The van der Waals surface area contributed by atoms with Gasteiger partial charge in [0, 0.05) is 6.54 Å². The van der Waals surface area contributed by atoms with Gasteiger partial charge in [-0.25, -0.2) is 0 Å². The van der Waals surface area contributed by atoms with E-state index in [-0.39, 0.29) is 17.6 Å². The number of amides is 1. The van der Waals surface area contributed by atoms with Crippen molar-refractivity contribution in [1.29, 1.82) is 0 Å². The maximum Gasteiger partial charge on any atom is 0.239 e. The van der Waals surface area contributed by atoms with Gasteiger partial charge in [0.15, 0.2) is 0 Å². The van der Waals surface area contributed by atoms with E-state index >= 15 is 0 Å². The molecule has 1 aliphatic rings. The molecule has 0 unspecified atom stereocenters. The zero-order chi connectivity index (χ0) is 15.6. The Kier molecular flexibility index (Phi) is 3.99. The molecule has 0 radical (unpaired) electrons. The average Bonchev–Trinajstić information content (AvgIpc) is 2.72. The van der Waals surface area contributed by atoms with Crippen LogP contribution in [0.3, 0.4) is 0 Å². The van der Waals surface area contributed by atoms with Crippen molar-refractivity contribution in [3.05, 3.63) is 71.8 Å². The van der Waals surface area contributed by atoms with Crippen molar-refractivity contribution in [1.82, 2.24) is 10.2 Å². The Balaban J connectivity index is 1.84. The second-order valence-electron chi connectivity index (χ2n) is 6.37. The van der Waals surface area contributed by atoms with Gasteiger partial charge in [0.25, 0.3) is 0 Å². The first-order valence-corrected chi connectivity index (χ1v) is 7.73. The van der Waals surface area contributed by atoms with Crippen LogP contribution >= 0.6 is 0 Å². The normalized spacial score (nSPS) is 20.8. The number of rotatable bonds is 4. The Morgan fingerprint density at radius 1 is 0.955 bits per heavy atom. The van der Waals surface area contributed by atoms with E-state index in [1.54, 1.807) is 0 Å². The fourth-order valence-corrected chi connectivity index (χ4v) is 3.12. The van der Waals surface area contributed by atoms with Crippen LogP contribution in [0.1, 0.15) is 25.0 Å². The lowest BCUT2D eigenvalue weighted by molar-refractivity contribution is -0.121. The van der Waals surface area contributed by atoms with E-state index in [2.05, 4.69) is 48.3 Å². The Morgan fingerprint density at radius 3 is 2.09 bits per heavy atom.